The van der Waals surface area contributed by atoms with Crippen LogP contribution in [0.2, 0.25) is 0 Å². The Morgan fingerprint density at radius 2 is 1.95 bits per heavy atom. The van der Waals surface area contributed by atoms with Gasteiger partial charge in [-0.15, -0.1) is 0 Å². The molecule has 5 rings (SSSR count). The molecular formula is C29H31ClN3O10P. The number of rotatable bonds is 10. The highest BCUT2D eigenvalue weighted by Crippen LogP contribution is 2.48. The van der Waals surface area contributed by atoms with Crippen LogP contribution in [0.15, 0.2) is 64.3 Å². The quantitative estimate of drug-likeness (QED) is 0.144. The maximum absolute atomic E-state index is 14.3. The molecule has 2 aliphatic rings. The number of aromatic nitrogens is 2. The van der Waals surface area contributed by atoms with E-state index in [1.807, 2.05) is 28.6 Å². The lowest BCUT2D eigenvalue weighted by Gasteiger charge is -2.26. The van der Waals surface area contributed by atoms with Gasteiger partial charge < -0.3 is 24.2 Å². The van der Waals surface area contributed by atoms with Crippen LogP contribution in [0.4, 0.5) is 0 Å². The Balaban J connectivity index is 1.41. The van der Waals surface area contributed by atoms with Crippen LogP contribution in [-0.4, -0.2) is 62.3 Å². The van der Waals surface area contributed by atoms with Crippen LogP contribution in [0.5, 0.6) is 5.75 Å². The Morgan fingerprint density at radius 3 is 2.68 bits per heavy atom. The number of ether oxygens (including phenoxy) is 2. The highest BCUT2D eigenvalue weighted by atomic mass is 35.5. The van der Waals surface area contributed by atoms with Gasteiger partial charge in [0.05, 0.1) is 6.61 Å². The summed E-state index contributed by atoms with van der Waals surface area (Å²) in [5.41, 5.74) is -4.09. The molecule has 1 saturated heterocycles. The number of carbonyl (C=O) groups is 1. The molecule has 2 fully saturated rings. The van der Waals surface area contributed by atoms with Crippen molar-refractivity contribution in [3.05, 3.63) is 75.6 Å². The minimum absolute atomic E-state index is 0.186. The van der Waals surface area contributed by atoms with Gasteiger partial charge in [-0.1, -0.05) is 36.4 Å². The fourth-order valence-electron chi connectivity index (χ4n) is 5.23. The van der Waals surface area contributed by atoms with Crippen LogP contribution in [0.1, 0.15) is 38.8 Å². The monoisotopic (exact) mass is 647 g/mol. The van der Waals surface area contributed by atoms with Crippen LogP contribution in [0.3, 0.4) is 0 Å². The molecule has 2 aromatic carbocycles. The molecule has 234 valence electrons. The summed E-state index contributed by atoms with van der Waals surface area (Å²) in [5, 5.41) is 28.3. The first-order chi connectivity index (χ1) is 21.0. The molecule has 3 aromatic rings. The summed E-state index contributed by atoms with van der Waals surface area (Å²) in [6.07, 6.45) is -0.731. The molecule has 6 atom stereocenters. The number of esters is 1. The maximum Gasteiger partial charge on any atom is 0.459 e. The second-order valence-corrected chi connectivity index (χ2v) is 12.5. The molecule has 2 heterocycles. The average Bonchev–Trinajstić information content (AvgIpc) is 3.58. The molecule has 1 aliphatic heterocycles. The van der Waals surface area contributed by atoms with E-state index in [1.165, 1.54) is 6.92 Å². The topological polar surface area (TPSA) is 178 Å². The number of benzene rings is 2. The number of H-pyrrole nitrogens is 1. The van der Waals surface area contributed by atoms with Crippen molar-refractivity contribution >= 4 is 36.1 Å². The van der Waals surface area contributed by atoms with Crippen LogP contribution >= 0.6 is 19.3 Å². The molecule has 2 unspecified atom stereocenters. The Morgan fingerprint density at radius 1 is 1.23 bits per heavy atom. The number of fused-ring (bicyclic) bond motifs is 1. The summed E-state index contributed by atoms with van der Waals surface area (Å²) >= 11 is 5.55. The lowest BCUT2D eigenvalue weighted by atomic mass is 9.95. The van der Waals surface area contributed by atoms with Gasteiger partial charge in [0.15, 0.2) is 6.23 Å². The number of nitrogens with zero attached hydrogens (tertiary/aromatic N) is 1. The van der Waals surface area contributed by atoms with Crippen LogP contribution in [0.25, 0.3) is 10.8 Å². The number of aliphatic hydroxyl groups excluding tert-OH is 1. The molecule has 1 aliphatic carbocycles. The van der Waals surface area contributed by atoms with Gasteiger partial charge >= 0.3 is 19.4 Å². The van der Waals surface area contributed by atoms with Crippen LogP contribution in [0, 0.1) is 11.3 Å². The lowest BCUT2D eigenvalue weighted by molar-refractivity contribution is -0.150. The normalized spacial score (nSPS) is 25.6. The van der Waals surface area contributed by atoms with Crippen molar-refractivity contribution < 1.29 is 38.1 Å². The smallest absolute Gasteiger partial charge is 0.459 e. The fraction of sp³-hybridized carbons (Fsp3) is 0.414. The van der Waals surface area contributed by atoms with Crippen molar-refractivity contribution in [2.24, 2.45) is 0 Å². The molecule has 0 radical (unpaired) electrons. The minimum Gasteiger partial charge on any atom is -0.461 e. The summed E-state index contributed by atoms with van der Waals surface area (Å²) in [4.78, 5) is 38.9. The van der Waals surface area contributed by atoms with E-state index in [0.717, 1.165) is 47.9 Å². The zero-order valence-electron chi connectivity index (χ0n) is 23.6. The summed E-state index contributed by atoms with van der Waals surface area (Å²) in [6, 6.07) is 12.2. The highest BCUT2D eigenvalue weighted by molar-refractivity contribution is 7.52. The molecule has 15 heteroatoms. The zero-order valence-corrected chi connectivity index (χ0v) is 25.2. The Bertz CT molecular complexity index is 1740. The van der Waals surface area contributed by atoms with E-state index >= 15 is 0 Å². The summed E-state index contributed by atoms with van der Waals surface area (Å²) < 4.78 is 38.0. The van der Waals surface area contributed by atoms with Gasteiger partial charge in [-0.05, 0) is 61.6 Å². The number of halogens is 1. The molecule has 1 saturated carbocycles. The Hall–Kier alpha value is -3.47. The molecule has 0 amide bonds. The minimum atomic E-state index is -4.45. The number of hydrogen-bond donors (Lipinski definition) is 4. The van der Waals surface area contributed by atoms with Crippen molar-refractivity contribution in [2.45, 2.75) is 68.8 Å². The van der Waals surface area contributed by atoms with E-state index in [9.17, 15) is 29.2 Å². The third-order valence-electron chi connectivity index (χ3n) is 7.50. The van der Waals surface area contributed by atoms with Crippen molar-refractivity contribution in [1.29, 1.82) is 0 Å². The number of carbonyl (C=O) groups excluding carboxylic acids is 1. The van der Waals surface area contributed by atoms with Crippen molar-refractivity contribution in [2.75, 3.05) is 6.61 Å². The number of nitrogens with one attached hydrogen (secondary N) is 2. The first-order valence-electron chi connectivity index (χ1n) is 13.9. The summed E-state index contributed by atoms with van der Waals surface area (Å²) in [6.45, 7) is 0.787. The second-order valence-electron chi connectivity index (χ2n) is 10.6. The molecule has 4 N–H and O–H groups in total. The highest BCUT2D eigenvalue weighted by Gasteiger charge is 2.56. The number of aliphatic hydroxyl groups is 2. The largest absolute Gasteiger partial charge is 0.461 e. The molecule has 44 heavy (non-hydrogen) atoms. The first kappa shape index (κ1) is 31.9. The predicted molar refractivity (Wildman–Crippen MR) is 159 cm³/mol. The molecular weight excluding hydrogens is 617 g/mol. The second kappa shape index (κ2) is 13.3. The van der Waals surface area contributed by atoms with Crippen LogP contribution in [-0.2, 0) is 23.4 Å². The van der Waals surface area contributed by atoms with Gasteiger partial charge in [0.25, 0.3) is 5.56 Å². The van der Waals surface area contributed by atoms with E-state index in [0.29, 0.717) is 5.39 Å². The number of hydrogen-bond acceptors (Lipinski definition) is 10. The van der Waals surface area contributed by atoms with Gasteiger partial charge in [0.2, 0.25) is 5.60 Å². The lowest BCUT2D eigenvalue weighted by Crippen LogP contribution is -2.48. The molecule has 13 nitrogen and oxygen atoms in total. The summed E-state index contributed by atoms with van der Waals surface area (Å²) in [5.74, 6) is 1.78. The van der Waals surface area contributed by atoms with E-state index in [1.54, 1.807) is 24.3 Å². The van der Waals surface area contributed by atoms with E-state index in [-0.39, 0.29) is 11.9 Å². The maximum atomic E-state index is 14.3. The predicted octanol–water partition coefficient (Wildman–Crippen LogP) is 2.55. The van der Waals surface area contributed by atoms with Crippen LogP contribution < -0.4 is 20.9 Å². The average molecular weight is 648 g/mol. The van der Waals surface area contributed by atoms with Gasteiger partial charge in [-0.3, -0.25) is 23.7 Å². The Kier molecular flexibility index (Phi) is 9.62. The molecule has 0 spiro atoms. The van der Waals surface area contributed by atoms with Gasteiger partial charge in [-0.2, -0.15) is 5.09 Å². The van der Waals surface area contributed by atoms with E-state index in [2.05, 4.69) is 11.0 Å². The number of aromatic amines is 1. The van der Waals surface area contributed by atoms with Gasteiger partial charge in [0, 0.05) is 23.0 Å². The van der Waals surface area contributed by atoms with E-state index < -0.39 is 61.7 Å². The van der Waals surface area contributed by atoms with Crippen molar-refractivity contribution in [3.8, 4) is 17.0 Å². The summed E-state index contributed by atoms with van der Waals surface area (Å²) in [7, 11) is -4.45. The van der Waals surface area contributed by atoms with Gasteiger partial charge in [-0.25, -0.2) is 9.36 Å². The third-order valence-corrected chi connectivity index (χ3v) is 9.23. The van der Waals surface area contributed by atoms with Crippen molar-refractivity contribution in [3.63, 3.8) is 0 Å². The SMILES string of the molecule is C[C@H](NP(=O)(OC[C@H]1O[C@@H](n2ccc(=O)[nH]c2=O)[C@@](O)(C#CCl)C1O)Oc1cccc2ccccc12)C(=O)OC1CCCC1. The molecule has 1 aromatic heterocycles. The van der Waals surface area contributed by atoms with E-state index in [4.69, 9.17) is 30.1 Å². The standard InChI is InChI=1S/C29H31ClN3O10P/c1-18(26(36)41-20-9-3-4-10-20)32-44(39,43-22-12-6-8-19-7-2-5-11-21(19)22)40-17-23-25(35)29(38,14-15-30)27(42-23)33-16-13-24(34)31-28(33)37/h2,5-8,11-13,16,18,20,23,25,27,35,38H,3-4,9-10,17H2,1H3,(H,32,39)(H,31,34,37)/t18-,23+,25?,27+,29+,44?/m0/s1. The third kappa shape index (κ3) is 6.77. The van der Waals surface area contributed by atoms with Crippen molar-refractivity contribution in [1.82, 2.24) is 14.6 Å². The molecule has 0 bridgehead atoms. The first-order valence-corrected chi connectivity index (χ1v) is 15.9. The Labute approximate surface area is 256 Å². The fourth-order valence-corrected chi connectivity index (χ4v) is 6.91. The zero-order chi connectivity index (χ0) is 31.5. The van der Waals surface area contributed by atoms with Gasteiger partial charge in [0.1, 0.15) is 30.1 Å².